The van der Waals surface area contributed by atoms with Crippen LogP contribution in [0.5, 0.6) is 0 Å². The van der Waals surface area contributed by atoms with Crippen molar-refractivity contribution < 1.29 is 17.9 Å². The maximum Gasteiger partial charge on any atom is 0.348 e. The van der Waals surface area contributed by atoms with Gasteiger partial charge in [-0.05, 0) is 41.8 Å². The van der Waals surface area contributed by atoms with Gasteiger partial charge < -0.3 is 4.74 Å². The van der Waals surface area contributed by atoms with Crippen LogP contribution in [0.3, 0.4) is 0 Å². The molecule has 0 spiro atoms. The van der Waals surface area contributed by atoms with Crippen LogP contribution in [-0.4, -0.2) is 21.5 Å². The second-order valence-corrected chi connectivity index (χ2v) is 8.35. The molecule has 0 radical (unpaired) electrons. The normalized spacial score (nSPS) is 11.3. The number of aryl methyl sites for hydroxylation is 1. The Morgan fingerprint density at radius 3 is 2.48 bits per heavy atom. The molecule has 0 saturated heterocycles. The minimum absolute atomic E-state index is 0.0971. The number of rotatable bonds is 4. The maximum atomic E-state index is 12.9. The van der Waals surface area contributed by atoms with Crippen LogP contribution >= 0.6 is 11.3 Å². The van der Waals surface area contributed by atoms with E-state index in [0.29, 0.717) is 0 Å². The predicted molar refractivity (Wildman–Crippen MR) is 97.7 cm³/mol. The van der Waals surface area contributed by atoms with Gasteiger partial charge in [0.15, 0.2) is 0 Å². The van der Waals surface area contributed by atoms with E-state index in [4.69, 9.17) is 0 Å². The van der Waals surface area contributed by atoms with Gasteiger partial charge in [-0.1, -0.05) is 36.4 Å². The summed E-state index contributed by atoms with van der Waals surface area (Å²) in [5, 5.41) is 1.46. The zero-order valence-electron chi connectivity index (χ0n) is 13.7. The highest BCUT2D eigenvalue weighted by Gasteiger charge is 2.22. The number of sulfone groups is 1. The summed E-state index contributed by atoms with van der Waals surface area (Å²) in [4.78, 5) is 12.1. The van der Waals surface area contributed by atoms with Crippen molar-refractivity contribution in [1.29, 1.82) is 0 Å². The third kappa shape index (κ3) is 3.36. The molecule has 0 aliphatic rings. The maximum absolute atomic E-state index is 12.9. The number of methoxy groups -OCH3 is 1. The lowest BCUT2D eigenvalue weighted by atomic mass is 10.0. The summed E-state index contributed by atoms with van der Waals surface area (Å²) in [6.07, 6.45) is 0. The Bertz CT molecular complexity index is 1030. The van der Waals surface area contributed by atoms with Gasteiger partial charge in [-0.25, -0.2) is 13.2 Å². The van der Waals surface area contributed by atoms with Crippen LogP contribution in [0.15, 0.2) is 69.8 Å². The summed E-state index contributed by atoms with van der Waals surface area (Å²) in [5.74, 6) is -0.542. The van der Waals surface area contributed by atoms with Crippen LogP contribution < -0.4 is 0 Å². The Morgan fingerprint density at radius 2 is 1.76 bits per heavy atom. The molecule has 0 N–H and O–H groups in total. The number of ether oxygens (including phenoxy) is 1. The smallest absolute Gasteiger partial charge is 0.348 e. The number of carbonyl (C=O) groups is 1. The molecule has 0 saturated carbocycles. The van der Waals surface area contributed by atoms with Crippen LogP contribution in [0, 0.1) is 6.92 Å². The molecule has 3 aromatic rings. The van der Waals surface area contributed by atoms with Crippen molar-refractivity contribution in [2.75, 3.05) is 7.11 Å². The van der Waals surface area contributed by atoms with E-state index < -0.39 is 15.8 Å². The fourth-order valence-electron chi connectivity index (χ4n) is 2.53. The zero-order valence-corrected chi connectivity index (χ0v) is 15.4. The molecule has 4 nitrogen and oxygen atoms in total. The predicted octanol–water partition coefficient (Wildman–Crippen LogP) is 4.34. The fourth-order valence-corrected chi connectivity index (χ4v) is 5.03. The molecule has 0 amide bonds. The van der Waals surface area contributed by atoms with E-state index in [9.17, 15) is 13.2 Å². The van der Waals surface area contributed by atoms with Gasteiger partial charge in [0.05, 0.1) is 16.9 Å². The van der Waals surface area contributed by atoms with Crippen molar-refractivity contribution in [2.24, 2.45) is 0 Å². The van der Waals surface area contributed by atoms with Crippen molar-refractivity contribution in [2.45, 2.75) is 16.7 Å². The number of hydrogen-bond donors (Lipinski definition) is 0. The number of benzene rings is 2. The van der Waals surface area contributed by atoms with E-state index in [0.717, 1.165) is 28.0 Å². The van der Waals surface area contributed by atoms with Gasteiger partial charge in [0.25, 0.3) is 0 Å². The van der Waals surface area contributed by atoms with Gasteiger partial charge in [-0.2, -0.15) is 0 Å². The summed E-state index contributed by atoms with van der Waals surface area (Å²) in [6, 6.07) is 16.0. The average molecular weight is 372 g/mol. The molecule has 1 heterocycles. The molecular weight excluding hydrogens is 356 g/mol. The Morgan fingerprint density at radius 1 is 1.00 bits per heavy atom. The molecule has 128 valence electrons. The topological polar surface area (TPSA) is 60.4 Å². The molecule has 6 heteroatoms. The molecule has 0 unspecified atom stereocenters. The van der Waals surface area contributed by atoms with Crippen molar-refractivity contribution in [3.63, 3.8) is 0 Å². The Labute approximate surface area is 150 Å². The zero-order chi connectivity index (χ0) is 18.0. The van der Waals surface area contributed by atoms with E-state index in [-0.39, 0.29) is 14.7 Å². The van der Waals surface area contributed by atoms with E-state index in [2.05, 4.69) is 4.74 Å². The van der Waals surface area contributed by atoms with Gasteiger partial charge >= 0.3 is 5.97 Å². The van der Waals surface area contributed by atoms with Crippen molar-refractivity contribution in [1.82, 2.24) is 0 Å². The van der Waals surface area contributed by atoms with Crippen LogP contribution in [0.2, 0.25) is 0 Å². The first kappa shape index (κ1) is 17.4. The molecule has 1 aromatic heterocycles. The first-order valence-electron chi connectivity index (χ1n) is 7.51. The number of carbonyl (C=O) groups excluding carboxylic acids is 1. The van der Waals surface area contributed by atoms with Gasteiger partial charge in [-0.3, -0.25) is 0 Å². The molecule has 3 rings (SSSR count). The van der Waals surface area contributed by atoms with Gasteiger partial charge in [0.1, 0.15) is 4.88 Å². The lowest BCUT2D eigenvalue weighted by Gasteiger charge is -2.08. The molecule has 0 aliphatic carbocycles. The largest absolute Gasteiger partial charge is 0.465 e. The third-order valence-electron chi connectivity index (χ3n) is 3.87. The first-order chi connectivity index (χ1) is 11.9. The SMILES string of the molecule is COC(=O)c1cc(S(=O)(=O)c2cccc(-c3ccccc3C)c2)cs1. The lowest BCUT2D eigenvalue weighted by Crippen LogP contribution is -2.02. The molecular formula is C19H16O4S2. The summed E-state index contributed by atoms with van der Waals surface area (Å²) in [6.45, 7) is 1.98. The second kappa shape index (κ2) is 6.82. The third-order valence-corrected chi connectivity index (χ3v) is 6.66. The van der Waals surface area contributed by atoms with E-state index in [1.54, 1.807) is 18.2 Å². The highest BCUT2D eigenvalue weighted by atomic mass is 32.2. The van der Waals surface area contributed by atoms with Crippen LogP contribution in [0.4, 0.5) is 0 Å². The van der Waals surface area contributed by atoms with E-state index in [1.165, 1.54) is 18.6 Å². The highest BCUT2D eigenvalue weighted by molar-refractivity contribution is 7.91. The summed E-state index contributed by atoms with van der Waals surface area (Å²) in [7, 11) is -2.43. The van der Waals surface area contributed by atoms with E-state index >= 15 is 0 Å². The lowest BCUT2D eigenvalue weighted by molar-refractivity contribution is 0.0606. The van der Waals surface area contributed by atoms with Crippen molar-refractivity contribution >= 4 is 27.1 Å². The first-order valence-corrected chi connectivity index (χ1v) is 9.88. The Kier molecular flexibility index (Phi) is 4.74. The molecule has 0 bridgehead atoms. The van der Waals surface area contributed by atoms with Crippen LogP contribution in [0.1, 0.15) is 15.2 Å². The monoisotopic (exact) mass is 372 g/mol. The number of esters is 1. The molecule has 2 aromatic carbocycles. The molecule has 0 aliphatic heterocycles. The standard InChI is InChI=1S/C19H16O4S2/c1-13-6-3-4-9-17(13)14-7-5-8-15(10-14)25(21,22)16-11-18(24-12-16)19(20)23-2/h3-12H,1-2H3. The van der Waals surface area contributed by atoms with Gasteiger partial charge in [-0.15, -0.1) is 11.3 Å². The highest BCUT2D eigenvalue weighted by Crippen LogP contribution is 2.30. The average Bonchev–Trinajstić information content (AvgIpc) is 3.12. The van der Waals surface area contributed by atoms with Gasteiger partial charge in [0, 0.05) is 5.38 Å². The molecule has 0 atom stereocenters. The molecule has 0 fully saturated rings. The minimum atomic E-state index is -3.70. The van der Waals surface area contributed by atoms with E-state index in [1.807, 2.05) is 37.3 Å². The summed E-state index contributed by atoms with van der Waals surface area (Å²) < 4.78 is 30.4. The van der Waals surface area contributed by atoms with Crippen LogP contribution in [-0.2, 0) is 14.6 Å². The quantitative estimate of drug-likeness (QED) is 0.639. The van der Waals surface area contributed by atoms with Crippen LogP contribution in [0.25, 0.3) is 11.1 Å². The Hall–Kier alpha value is -2.44. The fraction of sp³-hybridized carbons (Fsp3) is 0.105. The van der Waals surface area contributed by atoms with Crippen molar-refractivity contribution in [3.8, 4) is 11.1 Å². The minimum Gasteiger partial charge on any atom is -0.465 e. The second-order valence-electron chi connectivity index (χ2n) is 5.48. The summed E-state index contributed by atoms with van der Waals surface area (Å²) >= 11 is 1.05. The summed E-state index contributed by atoms with van der Waals surface area (Å²) in [5.41, 5.74) is 2.89. The molecule has 25 heavy (non-hydrogen) atoms. The van der Waals surface area contributed by atoms with Gasteiger partial charge in [0.2, 0.25) is 9.84 Å². The number of hydrogen-bond acceptors (Lipinski definition) is 5. The number of thiophene rings is 1. The Balaban J connectivity index is 2.04. The van der Waals surface area contributed by atoms with Crippen molar-refractivity contribution in [3.05, 3.63) is 70.4 Å².